The molecule has 1 aliphatic carbocycles. The lowest BCUT2D eigenvalue weighted by atomic mass is 9.84. The van der Waals surface area contributed by atoms with E-state index < -0.39 is 23.3 Å². The number of nitrogens with zero attached hydrogens (tertiary/aromatic N) is 1. The third kappa shape index (κ3) is 5.85. The molecule has 5 rings (SSSR count). The molecule has 3 aromatic carbocycles. The van der Waals surface area contributed by atoms with Crippen LogP contribution in [0, 0.1) is 11.6 Å². The lowest BCUT2D eigenvalue weighted by Gasteiger charge is -2.44. The molecule has 3 aromatic rings. The molecule has 2 atom stereocenters. The Kier molecular flexibility index (Phi) is 7.74. The smallest absolute Gasteiger partial charge is 0.134 e. The molecule has 0 amide bonds. The van der Waals surface area contributed by atoms with Crippen LogP contribution >= 0.6 is 0 Å². The Labute approximate surface area is 227 Å². The molecule has 2 aliphatic rings. The molecule has 1 N–H and O–H groups in total. The highest BCUT2D eigenvalue weighted by Crippen LogP contribution is 2.50. The van der Waals surface area contributed by atoms with E-state index in [1.165, 1.54) is 26.0 Å². The standard InChI is InChI=1S/C32H34F3NO3/c1-20-14-26-25-7-5-4-6-22(25)15-27(26)31(36(20)19-32(2,3)35)30-28(33)16-24(17-29(30)34)39-18-21-8-10-23(11-9-21)38-13-12-37/h4-11,16-17,20,31,37H,12-15,18-19H2,1-3H3/t20-,31+/m1/s1. The summed E-state index contributed by atoms with van der Waals surface area (Å²) < 4.78 is 57.7. The quantitative estimate of drug-likeness (QED) is 0.326. The summed E-state index contributed by atoms with van der Waals surface area (Å²) in [6.45, 7) is 5.29. The summed E-state index contributed by atoms with van der Waals surface area (Å²) in [6.07, 6.45) is 1.29. The van der Waals surface area contributed by atoms with Crippen molar-refractivity contribution in [3.05, 3.63) is 100 Å². The zero-order valence-electron chi connectivity index (χ0n) is 22.5. The van der Waals surface area contributed by atoms with Crippen molar-refractivity contribution in [1.82, 2.24) is 4.90 Å². The van der Waals surface area contributed by atoms with Gasteiger partial charge in [0.2, 0.25) is 0 Å². The third-order valence-corrected chi connectivity index (χ3v) is 7.41. The minimum absolute atomic E-state index is 0.0567. The Balaban J connectivity index is 1.44. The van der Waals surface area contributed by atoms with E-state index in [-0.39, 0.29) is 43.7 Å². The van der Waals surface area contributed by atoms with Gasteiger partial charge in [0, 0.05) is 30.3 Å². The highest BCUT2D eigenvalue weighted by molar-refractivity contribution is 5.79. The lowest BCUT2D eigenvalue weighted by molar-refractivity contribution is 0.0676. The van der Waals surface area contributed by atoms with Crippen molar-refractivity contribution in [2.24, 2.45) is 0 Å². The molecule has 0 radical (unpaired) electrons. The van der Waals surface area contributed by atoms with Crippen LogP contribution in [0.3, 0.4) is 0 Å². The molecule has 0 bridgehead atoms. The van der Waals surface area contributed by atoms with Gasteiger partial charge in [0.1, 0.15) is 42.0 Å². The number of aliphatic hydroxyl groups is 1. The molecule has 0 saturated heterocycles. The van der Waals surface area contributed by atoms with Gasteiger partial charge in [0.05, 0.1) is 12.6 Å². The topological polar surface area (TPSA) is 41.9 Å². The summed E-state index contributed by atoms with van der Waals surface area (Å²) in [7, 11) is 0. The molecule has 0 saturated carbocycles. The number of ether oxygens (including phenoxy) is 2. The number of hydrogen-bond acceptors (Lipinski definition) is 4. The van der Waals surface area contributed by atoms with E-state index in [2.05, 4.69) is 6.07 Å². The van der Waals surface area contributed by atoms with E-state index in [0.717, 1.165) is 27.8 Å². The van der Waals surface area contributed by atoms with Crippen molar-refractivity contribution in [2.75, 3.05) is 19.8 Å². The molecule has 4 nitrogen and oxygen atoms in total. The number of fused-ring (bicyclic) bond motifs is 2. The Morgan fingerprint density at radius 2 is 1.67 bits per heavy atom. The molecule has 0 unspecified atom stereocenters. The first-order valence-electron chi connectivity index (χ1n) is 13.3. The average molecular weight is 538 g/mol. The monoisotopic (exact) mass is 537 g/mol. The Morgan fingerprint density at radius 3 is 2.33 bits per heavy atom. The van der Waals surface area contributed by atoms with Crippen molar-refractivity contribution < 1.29 is 27.8 Å². The Bertz CT molecular complexity index is 1340. The first kappa shape index (κ1) is 27.3. The summed E-state index contributed by atoms with van der Waals surface area (Å²) in [5, 5.41) is 8.87. The van der Waals surface area contributed by atoms with Gasteiger partial charge in [-0.1, -0.05) is 36.4 Å². The van der Waals surface area contributed by atoms with Gasteiger partial charge in [-0.15, -0.1) is 0 Å². The van der Waals surface area contributed by atoms with Gasteiger partial charge >= 0.3 is 0 Å². The third-order valence-electron chi connectivity index (χ3n) is 7.41. The lowest BCUT2D eigenvalue weighted by Crippen LogP contribution is -2.47. The summed E-state index contributed by atoms with van der Waals surface area (Å²) in [5.41, 5.74) is 3.50. The number of alkyl halides is 1. The van der Waals surface area contributed by atoms with Crippen LogP contribution in [0.4, 0.5) is 13.2 Å². The van der Waals surface area contributed by atoms with Gasteiger partial charge in [-0.3, -0.25) is 4.90 Å². The first-order chi connectivity index (χ1) is 18.6. The number of hydrogen-bond donors (Lipinski definition) is 1. The van der Waals surface area contributed by atoms with Crippen molar-refractivity contribution >= 4 is 5.57 Å². The van der Waals surface area contributed by atoms with Crippen molar-refractivity contribution in [3.63, 3.8) is 0 Å². The van der Waals surface area contributed by atoms with Crippen LogP contribution in [-0.2, 0) is 13.0 Å². The molecule has 1 heterocycles. The van der Waals surface area contributed by atoms with Crippen LogP contribution in [0.15, 0.2) is 66.2 Å². The minimum Gasteiger partial charge on any atom is -0.491 e. The van der Waals surface area contributed by atoms with E-state index in [0.29, 0.717) is 18.6 Å². The number of benzene rings is 3. The maximum atomic E-state index is 15.8. The van der Waals surface area contributed by atoms with Gasteiger partial charge < -0.3 is 14.6 Å². The maximum Gasteiger partial charge on any atom is 0.134 e. The summed E-state index contributed by atoms with van der Waals surface area (Å²) >= 11 is 0. The number of aliphatic hydroxyl groups excluding tert-OH is 1. The molecule has 39 heavy (non-hydrogen) atoms. The predicted molar refractivity (Wildman–Crippen MR) is 145 cm³/mol. The first-order valence-corrected chi connectivity index (χ1v) is 13.3. The molecule has 206 valence electrons. The molecule has 0 aromatic heterocycles. The van der Waals surface area contributed by atoms with Crippen molar-refractivity contribution in [2.45, 2.75) is 58.0 Å². The van der Waals surface area contributed by atoms with Crippen molar-refractivity contribution in [1.29, 1.82) is 0 Å². The second-order valence-electron chi connectivity index (χ2n) is 11.0. The molecular weight excluding hydrogens is 503 g/mol. The number of halogens is 3. The second-order valence-corrected chi connectivity index (χ2v) is 11.0. The fourth-order valence-corrected chi connectivity index (χ4v) is 5.76. The van der Waals surface area contributed by atoms with Gasteiger partial charge in [-0.2, -0.15) is 0 Å². The molecule has 0 fully saturated rings. The maximum absolute atomic E-state index is 15.8. The molecule has 0 spiro atoms. The van der Waals surface area contributed by atoms with E-state index in [9.17, 15) is 4.39 Å². The summed E-state index contributed by atoms with van der Waals surface area (Å²) in [5.74, 6) is -0.721. The fraction of sp³-hybridized carbons (Fsp3) is 0.375. The molecular formula is C32H34F3NO3. The fourth-order valence-electron chi connectivity index (χ4n) is 5.76. The van der Waals surface area contributed by atoms with Gasteiger partial charge in [-0.25, -0.2) is 13.2 Å². The summed E-state index contributed by atoms with van der Waals surface area (Å²) in [4.78, 5) is 1.91. The van der Waals surface area contributed by atoms with Gasteiger partial charge in [0.25, 0.3) is 0 Å². The molecule has 1 aliphatic heterocycles. The number of rotatable bonds is 9. The van der Waals surface area contributed by atoms with Crippen LogP contribution in [0.25, 0.3) is 5.57 Å². The normalized spacial score (nSPS) is 19.2. The van der Waals surface area contributed by atoms with Crippen molar-refractivity contribution in [3.8, 4) is 11.5 Å². The highest BCUT2D eigenvalue weighted by atomic mass is 19.1. The zero-order chi connectivity index (χ0) is 27.7. The Morgan fingerprint density at radius 1 is 0.974 bits per heavy atom. The average Bonchev–Trinajstić information content (AvgIpc) is 3.25. The van der Waals surface area contributed by atoms with E-state index in [1.54, 1.807) is 24.3 Å². The zero-order valence-corrected chi connectivity index (χ0v) is 22.5. The van der Waals surface area contributed by atoms with E-state index >= 15 is 8.78 Å². The summed E-state index contributed by atoms with van der Waals surface area (Å²) in [6, 6.07) is 16.8. The van der Waals surface area contributed by atoms with Crippen LogP contribution in [0.5, 0.6) is 11.5 Å². The van der Waals surface area contributed by atoms with Crippen LogP contribution < -0.4 is 9.47 Å². The van der Waals surface area contributed by atoms with E-state index in [1.807, 2.05) is 30.0 Å². The van der Waals surface area contributed by atoms with Crippen LogP contribution in [0.1, 0.15) is 55.5 Å². The van der Waals surface area contributed by atoms with Gasteiger partial charge in [-0.05, 0) is 73.6 Å². The molecule has 7 heteroatoms. The van der Waals surface area contributed by atoms with E-state index in [4.69, 9.17) is 14.6 Å². The highest BCUT2D eigenvalue weighted by Gasteiger charge is 2.42. The minimum atomic E-state index is -1.54. The predicted octanol–water partition coefficient (Wildman–Crippen LogP) is 6.81. The second kappa shape index (κ2) is 11.1. The largest absolute Gasteiger partial charge is 0.491 e. The van der Waals surface area contributed by atoms with Crippen LogP contribution in [0.2, 0.25) is 0 Å². The SMILES string of the molecule is C[C@@H]1CC2=C(Cc3ccccc32)[C@@H](c2c(F)cc(OCc3ccc(OCCO)cc3)cc2F)N1CC(C)(C)F. The van der Waals surface area contributed by atoms with Crippen LogP contribution in [-0.4, -0.2) is 41.5 Å². The Hall–Kier alpha value is -3.29. The van der Waals surface area contributed by atoms with Gasteiger partial charge in [0.15, 0.2) is 0 Å².